The molecule has 0 aliphatic carbocycles. The monoisotopic (exact) mass is 289 g/mol. The van der Waals surface area contributed by atoms with Crippen LogP contribution in [0.15, 0.2) is 24.3 Å². The van der Waals surface area contributed by atoms with E-state index in [1.54, 1.807) is 0 Å². The summed E-state index contributed by atoms with van der Waals surface area (Å²) in [4.78, 5) is 12.6. The predicted octanol–water partition coefficient (Wildman–Crippen LogP) is 2.45. The zero-order chi connectivity index (χ0) is 15.1. The van der Waals surface area contributed by atoms with E-state index in [0.29, 0.717) is 25.0 Å². The summed E-state index contributed by atoms with van der Waals surface area (Å²) in [6.07, 6.45) is 0. The molecule has 2 N–H and O–H groups in total. The molecule has 0 fully saturated rings. The first-order chi connectivity index (χ1) is 10.3. The largest absolute Gasteiger partial charge is 0.492 e. The van der Waals surface area contributed by atoms with Crippen molar-refractivity contribution in [2.24, 2.45) is 0 Å². The van der Waals surface area contributed by atoms with E-state index < -0.39 is 0 Å². The molecule has 1 aromatic carbocycles. The number of hydrogen-bond acceptors (Lipinski definition) is 7. The van der Waals surface area contributed by atoms with Gasteiger partial charge in [-0.1, -0.05) is 12.1 Å². The maximum Gasteiger partial charge on any atom is 0.322 e. The van der Waals surface area contributed by atoms with Gasteiger partial charge in [-0.25, -0.2) is 0 Å². The van der Waals surface area contributed by atoms with Crippen molar-refractivity contribution >= 4 is 17.6 Å². The number of nitrogens with zero attached hydrogens (tertiary/aromatic N) is 3. The van der Waals surface area contributed by atoms with Gasteiger partial charge >= 0.3 is 6.01 Å². The van der Waals surface area contributed by atoms with E-state index in [2.05, 4.69) is 25.6 Å². The van der Waals surface area contributed by atoms with E-state index in [-0.39, 0.29) is 6.01 Å². The lowest BCUT2D eigenvalue weighted by atomic mass is 10.3. The minimum atomic E-state index is 0.248. The molecule has 21 heavy (non-hydrogen) atoms. The van der Waals surface area contributed by atoms with Gasteiger partial charge in [0.05, 0.1) is 19.4 Å². The second kappa shape index (κ2) is 7.28. The lowest BCUT2D eigenvalue weighted by Gasteiger charge is -2.12. The number of anilines is 3. The van der Waals surface area contributed by atoms with Crippen LogP contribution in [0, 0.1) is 0 Å². The number of benzene rings is 1. The number of methoxy groups -OCH3 is 1. The third-order valence-corrected chi connectivity index (χ3v) is 2.57. The maximum atomic E-state index is 5.56. The Hall–Kier alpha value is -2.57. The van der Waals surface area contributed by atoms with E-state index in [1.807, 2.05) is 38.1 Å². The summed E-state index contributed by atoms with van der Waals surface area (Å²) in [7, 11) is 1.52. The van der Waals surface area contributed by atoms with E-state index >= 15 is 0 Å². The van der Waals surface area contributed by atoms with Gasteiger partial charge in [0.15, 0.2) is 0 Å². The number of ether oxygens (including phenoxy) is 2. The van der Waals surface area contributed by atoms with Crippen LogP contribution in [0.25, 0.3) is 0 Å². The minimum Gasteiger partial charge on any atom is -0.492 e. The van der Waals surface area contributed by atoms with Crippen molar-refractivity contribution in [1.29, 1.82) is 0 Å². The fraction of sp³-hybridized carbons (Fsp3) is 0.357. The van der Waals surface area contributed by atoms with Gasteiger partial charge in [0, 0.05) is 6.54 Å². The summed E-state index contributed by atoms with van der Waals surface area (Å²) >= 11 is 0. The van der Waals surface area contributed by atoms with E-state index in [1.165, 1.54) is 7.11 Å². The van der Waals surface area contributed by atoms with Crippen molar-refractivity contribution in [2.75, 3.05) is 30.9 Å². The lowest BCUT2D eigenvalue weighted by Crippen LogP contribution is -2.08. The molecule has 7 nitrogen and oxygen atoms in total. The van der Waals surface area contributed by atoms with Crippen molar-refractivity contribution in [3.8, 4) is 11.8 Å². The van der Waals surface area contributed by atoms with Crippen LogP contribution in [0.5, 0.6) is 11.8 Å². The summed E-state index contributed by atoms with van der Waals surface area (Å²) in [5.74, 6) is 1.59. The smallest absolute Gasteiger partial charge is 0.322 e. The highest BCUT2D eigenvalue weighted by atomic mass is 16.5. The highest BCUT2D eigenvalue weighted by Crippen LogP contribution is 2.26. The Morgan fingerprint density at radius 3 is 2.52 bits per heavy atom. The molecule has 2 rings (SSSR count). The predicted molar refractivity (Wildman–Crippen MR) is 81.4 cm³/mol. The molecule has 2 aromatic rings. The summed E-state index contributed by atoms with van der Waals surface area (Å²) in [5.41, 5.74) is 0.787. The third kappa shape index (κ3) is 3.95. The van der Waals surface area contributed by atoms with E-state index in [0.717, 1.165) is 11.4 Å². The highest BCUT2D eigenvalue weighted by molar-refractivity contribution is 5.62. The summed E-state index contributed by atoms with van der Waals surface area (Å²) in [6, 6.07) is 7.85. The molecule has 7 heteroatoms. The molecule has 0 amide bonds. The van der Waals surface area contributed by atoms with Gasteiger partial charge < -0.3 is 20.1 Å². The Bertz CT molecular complexity index is 591. The standard InChI is InChI=1S/C14H19N5O2/c1-4-15-12-17-13(19-14(18-12)20-3)16-10-8-6-7-9-11(10)21-5-2/h6-9H,4-5H2,1-3H3,(H2,15,16,17,18,19). The Morgan fingerprint density at radius 2 is 1.81 bits per heavy atom. The fourth-order valence-corrected chi connectivity index (χ4v) is 1.71. The van der Waals surface area contributed by atoms with Crippen LogP contribution >= 0.6 is 0 Å². The number of hydrogen-bond donors (Lipinski definition) is 2. The fourth-order valence-electron chi connectivity index (χ4n) is 1.71. The van der Waals surface area contributed by atoms with E-state index in [9.17, 15) is 0 Å². The number of aromatic nitrogens is 3. The van der Waals surface area contributed by atoms with E-state index in [4.69, 9.17) is 9.47 Å². The molecular formula is C14H19N5O2. The average molecular weight is 289 g/mol. The molecule has 112 valence electrons. The normalized spacial score (nSPS) is 10.0. The van der Waals surface area contributed by atoms with Gasteiger partial charge in [-0.3, -0.25) is 0 Å². The Balaban J connectivity index is 2.28. The van der Waals surface area contributed by atoms with Crippen LogP contribution in [0.3, 0.4) is 0 Å². The van der Waals surface area contributed by atoms with Gasteiger partial charge in [0.1, 0.15) is 5.75 Å². The van der Waals surface area contributed by atoms with Crippen LogP contribution in [-0.2, 0) is 0 Å². The first-order valence-corrected chi connectivity index (χ1v) is 6.79. The lowest BCUT2D eigenvalue weighted by molar-refractivity contribution is 0.342. The Kier molecular flexibility index (Phi) is 5.14. The average Bonchev–Trinajstić information content (AvgIpc) is 2.49. The topological polar surface area (TPSA) is 81.2 Å². The van der Waals surface area contributed by atoms with Crippen molar-refractivity contribution in [1.82, 2.24) is 15.0 Å². The number of para-hydroxylation sites is 2. The molecule has 0 radical (unpaired) electrons. The third-order valence-electron chi connectivity index (χ3n) is 2.57. The van der Waals surface area contributed by atoms with Gasteiger partial charge in [0.2, 0.25) is 11.9 Å². The molecule has 1 heterocycles. The number of nitrogens with one attached hydrogen (secondary N) is 2. The molecule has 1 aromatic heterocycles. The Labute approximate surface area is 123 Å². The molecule has 0 saturated carbocycles. The summed E-state index contributed by atoms with van der Waals surface area (Å²) in [6.45, 7) is 5.20. The van der Waals surface area contributed by atoms with Crippen LogP contribution in [-0.4, -0.2) is 35.2 Å². The second-order valence-corrected chi connectivity index (χ2v) is 4.05. The quantitative estimate of drug-likeness (QED) is 0.810. The summed E-state index contributed by atoms with van der Waals surface area (Å²) in [5, 5.41) is 6.16. The molecule has 0 saturated heterocycles. The van der Waals surface area contributed by atoms with Gasteiger partial charge in [0.25, 0.3) is 0 Å². The first kappa shape index (κ1) is 14.8. The highest BCUT2D eigenvalue weighted by Gasteiger charge is 2.09. The molecule has 0 aliphatic rings. The zero-order valence-electron chi connectivity index (χ0n) is 12.4. The maximum absolute atomic E-state index is 5.56. The van der Waals surface area contributed by atoms with Crippen molar-refractivity contribution in [3.63, 3.8) is 0 Å². The minimum absolute atomic E-state index is 0.248. The van der Waals surface area contributed by atoms with Crippen LogP contribution in [0.4, 0.5) is 17.6 Å². The first-order valence-electron chi connectivity index (χ1n) is 6.79. The molecule has 0 unspecified atom stereocenters. The Morgan fingerprint density at radius 1 is 1.05 bits per heavy atom. The van der Waals surface area contributed by atoms with Gasteiger partial charge in [-0.2, -0.15) is 15.0 Å². The van der Waals surface area contributed by atoms with Crippen LogP contribution in [0.1, 0.15) is 13.8 Å². The zero-order valence-corrected chi connectivity index (χ0v) is 12.4. The van der Waals surface area contributed by atoms with Gasteiger partial charge in [-0.05, 0) is 26.0 Å². The molecular weight excluding hydrogens is 270 g/mol. The van der Waals surface area contributed by atoms with Crippen LogP contribution < -0.4 is 20.1 Å². The molecule has 0 atom stereocenters. The van der Waals surface area contributed by atoms with Gasteiger partial charge in [-0.15, -0.1) is 0 Å². The van der Waals surface area contributed by atoms with Crippen molar-refractivity contribution < 1.29 is 9.47 Å². The second-order valence-electron chi connectivity index (χ2n) is 4.05. The van der Waals surface area contributed by atoms with Crippen molar-refractivity contribution in [3.05, 3.63) is 24.3 Å². The summed E-state index contributed by atoms with van der Waals surface area (Å²) < 4.78 is 10.6. The molecule has 0 spiro atoms. The van der Waals surface area contributed by atoms with Crippen molar-refractivity contribution in [2.45, 2.75) is 13.8 Å². The number of rotatable bonds is 7. The molecule has 0 aliphatic heterocycles. The van der Waals surface area contributed by atoms with Crippen LogP contribution in [0.2, 0.25) is 0 Å². The SMILES string of the molecule is CCNc1nc(Nc2ccccc2OCC)nc(OC)n1. The molecule has 0 bridgehead atoms.